The molecule has 7 nitrogen and oxygen atoms in total. The van der Waals surface area contributed by atoms with Crippen LogP contribution < -0.4 is 10.6 Å². The predicted octanol–water partition coefficient (Wildman–Crippen LogP) is 4.13. The Morgan fingerprint density at radius 2 is 1.96 bits per heavy atom. The van der Waals surface area contributed by atoms with Crippen LogP contribution in [0, 0.1) is 0 Å². The lowest BCUT2D eigenvalue weighted by Gasteiger charge is -2.11. The summed E-state index contributed by atoms with van der Waals surface area (Å²) >= 11 is 0. The smallest absolute Gasteiger partial charge is 0.416 e. The Hall–Kier alpha value is -3.04. The fourth-order valence-electron chi connectivity index (χ4n) is 2.15. The topological polar surface area (TPSA) is 85.2 Å². The number of esters is 1. The van der Waals surface area contributed by atoms with E-state index in [1.165, 1.54) is 23.0 Å². The molecule has 0 unspecified atom stereocenters. The maximum Gasteiger partial charge on any atom is 0.416 e. The Labute approximate surface area is 153 Å². The number of hydrogen-bond donors (Lipinski definition) is 2. The third-order valence-corrected chi connectivity index (χ3v) is 3.32. The van der Waals surface area contributed by atoms with Crippen LogP contribution >= 0.6 is 0 Å². The van der Waals surface area contributed by atoms with Crippen molar-refractivity contribution in [1.29, 1.82) is 0 Å². The van der Waals surface area contributed by atoms with Crippen LogP contribution in [-0.2, 0) is 17.5 Å². The highest BCUT2D eigenvalue weighted by atomic mass is 19.4. The number of aromatic nitrogens is 2. The Bertz CT molecular complexity index is 831. The molecule has 1 aromatic heterocycles. The van der Waals surface area contributed by atoms with Crippen LogP contribution in [0.15, 0.2) is 30.5 Å². The van der Waals surface area contributed by atoms with Gasteiger partial charge in [-0.15, -0.1) is 0 Å². The summed E-state index contributed by atoms with van der Waals surface area (Å²) in [6.07, 6.45) is -3.47. The Morgan fingerprint density at radius 3 is 2.56 bits per heavy atom. The maximum absolute atomic E-state index is 12.7. The first-order valence-electron chi connectivity index (χ1n) is 8.13. The zero-order valence-electron chi connectivity index (χ0n) is 14.9. The van der Waals surface area contributed by atoms with E-state index in [1.54, 1.807) is 20.8 Å². The molecular formula is C17H19F3N4O3. The molecule has 0 saturated carbocycles. The van der Waals surface area contributed by atoms with Crippen molar-refractivity contribution < 1.29 is 27.5 Å². The highest BCUT2D eigenvalue weighted by Gasteiger charge is 2.30. The van der Waals surface area contributed by atoms with Crippen LogP contribution in [-0.4, -0.2) is 27.9 Å². The van der Waals surface area contributed by atoms with Crippen molar-refractivity contribution in [1.82, 2.24) is 9.78 Å². The summed E-state index contributed by atoms with van der Waals surface area (Å²) in [4.78, 5) is 24.3. The lowest BCUT2D eigenvalue weighted by atomic mass is 10.2. The molecule has 10 heteroatoms. The van der Waals surface area contributed by atoms with Gasteiger partial charge in [0.25, 0.3) is 0 Å². The molecule has 0 atom stereocenters. The van der Waals surface area contributed by atoms with Crippen molar-refractivity contribution in [2.75, 3.05) is 10.6 Å². The average Bonchev–Trinajstić information content (AvgIpc) is 2.96. The third kappa shape index (κ3) is 5.47. The van der Waals surface area contributed by atoms with E-state index in [2.05, 4.69) is 15.7 Å². The number of nitrogens with zero attached hydrogens (tertiary/aromatic N) is 2. The average molecular weight is 384 g/mol. The van der Waals surface area contributed by atoms with Gasteiger partial charge in [-0.1, -0.05) is 6.07 Å². The van der Waals surface area contributed by atoms with Crippen molar-refractivity contribution in [3.63, 3.8) is 0 Å². The number of carbonyl (C=O) groups is 2. The molecule has 0 aliphatic heterocycles. The highest BCUT2D eigenvalue weighted by Crippen LogP contribution is 2.30. The fraction of sp³-hybridized carbons (Fsp3) is 0.353. The van der Waals surface area contributed by atoms with Gasteiger partial charge >= 0.3 is 18.2 Å². The van der Waals surface area contributed by atoms with Crippen molar-refractivity contribution in [2.45, 2.75) is 39.6 Å². The maximum atomic E-state index is 12.7. The number of benzene rings is 1. The summed E-state index contributed by atoms with van der Waals surface area (Å²) in [5.41, 5.74) is -0.937. The van der Waals surface area contributed by atoms with Crippen molar-refractivity contribution in [2.24, 2.45) is 0 Å². The van der Waals surface area contributed by atoms with Gasteiger partial charge in [0.05, 0.1) is 17.4 Å². The van der Waals surface area contributed by atoms with Crippen LogP contribution in [0.25, 0.3) is 0 Å². The van der Waals surface area contributed by atoms with Gasteiger partial charge in [-0.2, -0.15) is 18.3 Å². The second-order valence-electron chi connectivity index (χ2n) is 5.86. The van der Waals surface area contributed by atoms with Gasteiger partial charge in [-0.05, 0) is 39.0 Å². The quantitative estimate of drug-likeness (QED) is 0.759. The second-order valence-corrected chi connectivity index (χ2v) is 5.86. The van der Waals surface area contributed by atoms with Crippen LogP contribution in [0.4, 0.5) is 29.3 Å². The number of halogens is 3. The van der Waals surface area contributed by atoms with Crippen molar-refractivity contribution in [3.8, 4) is 0 Å². The lowest BCUT2D eigenvalue weighted by molar-refractivity contribution is -0.137. The second kappa shape index (κ2) is 8.11. The largest absolute Gasteiger partial charge is 0.458 e. The number of anilines is 2. The van der Waals surface area contributed by atoms with Gasteiger partial charge < -0.3 is 15.4 Å². The van der Waals surface area contributed by atoms with Gasteiger partial charge in [0.1, 0.15) is 0 Å². The number of urea groups is 1. The minimum atomic E-state index is -4.52. The van der Waals surface area contributed by atoms with Gasteiger partial charge in [0.15, 0.2) is 5.69 Å². The Balaban J connectivity index is 2.16. The Kier molecular flexibility index (Phi) is 6.09. The lowest BCUT2D eigenvalue weighted by Crippen LogP contribution is -2.21. The first-order chi connectivity index (χ1) is 12.6. The molecule has 2 N–H and O–H groups in total. The standard InChI is InChI=1S/C17H19F3N4O3/c1-4-24-9-13(14(23-24)15(25)27-10(2)3)22-16(26)21-12-7-5-6-11(8-12)17(18,19)20/h5-10H,4H2,1-3H3,(H2,21,22,26). The number of hydrogen-bond acceptors (Lipinski definition) is 4. The molecule has 0 bridgehead atoms. The number of rotatable bonds is 5. The van der Waals surface area contributed by atoms with E-state index in [4.69, 9.17) is 4.74 Å². The van der Waals surface area contributed by atoms with Crippen molar-refractivity contribution in [3.05, 3.63) is 41.7 Å². The molecule has 0 spiro atoms. The number of alkyl halides is 3. The number of nitrogens with one attached hydrogen (secondary N) is 2. The number of ether oxygens (including phenoxy) is 1. The highest BCUT2D eigenvalue weighted by molar-refractivity contribution is 6.04. The first-order valence-corrected chi connectivity index (χ1v) is 8.13. The van der Waals surface area contributed by atoms with E-state index in [0.29, 0.717) is 6.54 Å². The van der Waals surface area contributed by atoms with Crippen LogP contribution in [0.1, 0.15) is 36.8 Å². The van der Waals surface area contributed by atoms with Gasteiger partial charge in [0.2, 0.25) is 0 Å². The molecule has 0 radical (unpaired) electrons. The molecular weight excluding hydrogens is 365 g/mol. The summed E-state index contributed by atoms with van der Waals surface area (Å²) in [6.45, 7) is 5.57. The summed E-state index contributed by atoms with van der Waals surface area (Å²) in [6, 6.07) is 3.39. The van der Waals surface area contributed by atoms with Crippen LogP contribution in [0.3, 0.4) is 0 Å². The van der Waals surface area contributed by atoms with E-state index >= 15 is 0 Å². The normalized spacial score (nSPS) is 11.4. The summed E-state index contributed by atoms with van der Waals surface area (Å²) in [5, 5.41) is 8.75. The minimum absolute atomic E-state index is 0.0449. The SMILES string of the molecule is CCn1cc(NC(=O)Nc2cccc(C(F)(F)F)c2)c(C(=O)OC(C)C)n1. The van der Waals surface area contributed by atoms with Crippen LogP contribution in [0.2, 0.25) is 0 Å². The molecule has 0 saturated heterocycles. The molecule has 0 aliphatic carbocycles. The molecule has 0 fully saturated rings. The zero-order chi connectivity index (χ0) is 20.2. The predicted molar refractivity (Wildman–Crippen MR) is 92.5 cm³/mol. The van der Waals surface area contributed by atoms with E-state index in [-0.39, 0.29) is 23.2 Å². The molecule has 2 aromatic rings. The fourth-order valence-corrected chi connectivity index (χ4v) is 2.15. The van der Waals surface area contributed by atoms with Crippen molar-refractivity contribution >= 4 is 23.4 Å². The molecule has 1 heterocycles. The summed E-state index contributed by atoms with van der Waals surface area (Å²) in [5.74, 6) is -0.716. The summed E-state index contributed by atoms with van der Waals surface area (Å²) < 4.78 is 44.8. The molecule has 146 valence electrons. The van der Waals surface area contributed by atoms with Gasteiger partial charge in [-0.3, -0.25) is 4.68 Å². The molecule has 1 aromatic carbocycles. The monoisotopic (exact) mass is 384 g/mol. The van der Waals surface area contributed by atoms with Gasteiger partial charge in [0, 0.05) is 18.4 Å². The number of aryl methyl sites for hydroxylation is 1. The van der Waals surface area contributed by atoms with Gasteiger partial charge in [-0.25, -0.2) is 9.59 Å². The molecule has 0 aliphatic rings. The summed E-state index contributed by atoms with van der Waals surface area (Å²) in [7, 11) is 0. The third-order valence-electron chi connectivity index (χ3n) is 3.32. The van der Waals surface area contributed by atoms with E-state index in [1.807, 2.05) is 0 Å². The number of amides is 2. The minimum Gasteiger partial charge on any atom is -0.458 e. The Morgan fingerprint density at radius 1 is 1.26 bits per heavy atom. The molecule has 2 rings (SSSR count). The zero-order valence-corrected chi connectivity index (χ0v) is 14.9. The number of carbonyl (C=O) groups excluding carboxylic acids is 2. The molecule has 27 heavy (non-hydrogen) atoms. The van der Waals surface area contributed by atoms with E-state index in [0.717, 1.165) is 12.1 Å². The van der Waals surface area contributed by atoms with E-state index in [9.17, 15) is 22.8 Å². The van der Waals surface area contributed by atoms with E-state index < -0.39 is 23.7 Å². The molecule has 2 amide bonds. The van der Waals surface area contributed by atoms with Crippen LogP contribution in [0.5, 0.6) is 0 Å². The first kappa shape index (κ1) is 20.3.